The van der Waals surface area contributed by atoms with Gasteiger partial charge in [-0.2, -0.15) is 0 Å². The summed E-state index contributed by atoms with van der Waals surface area (Å²) in [6.07, 6.45) is 5.81. The van der Waals surface area contributed by atoms with Gasteiger partial charge < -0.3 is 0 Å². The number of unbranched alkanes of at least 4 members (excludes halogenated alkanes) is 1. The molecule has 0 fully saturated rings. The van der Waals surface area contributed by atoms with Crippen LogP contribution in [0.15, 0.2) is 10.9 Å². The molecule has 1 radical (unpaired) electrons. The first-order valence-corrected chi connectivity index (χ1v) is 10.7. The molecule has 0 saturated heterocycles. The van der Waals surface area contributed by atoms with Gasteiger partial charge in [-0.05, 0) is 0 Å². The van der Waals surface area contributed by atoms with E-state index in [0.717, 1.165) is 43.4 Å². The van der Waals surface area contributed by atoms with Gasteiger partial charge in [-0.3, -0.25) is 0 Å². The van der Waals surface area contributed by atoms with E-state index in [1.54, 1.807) is 10.6 Å². The van der Waals surface area contributed by atoms with Gasteiger partial charge in [-0.1, -0.05) is 0 Å². The number of aryl methyl sites for hydroxylation is 1. The van der Waals surface area contributed by atoms with Gasteiger partial charge in [-0.25, -0.2) is 0 Å². The molecule has 0 aliphatic heterocycles. The van der Waals surface area contributed by atoms with Crippen molar-refractivity contribution in [1.82, 2.24) is 9.88 Å². The fourth-order valence-electron chi connectivity index (χ4n) is 3.69. The van der Waals surface area contributed by atoms with E-state index in [1.807, 2.05) is 13.8 Å². The van der Waals surface area contributed by atoms with Crippen LogP contribution in [0.4, 0.5) is 0 Å². The third-order valence-corrected chi connectivity index (χ3v) is 5.59. The van der Waals surface area contributed by atoms with Crippen LogP contribution < -0.4 is 10.9 Å². The second-order valence-electron chi connectivity index (χ2n) is 7.55. The van der Waals surface area contributed by atoms with E-state index in [2.05, 4.69) is 26.1 Å². The molecule has 6 heteroatoms. The van der Waals surface area contributed by atoms with E-state index in [-0.39, 0.29) is 23.2 Å². The molecule has 2 N–H and O–H groups in total. The predicted molar refractivity (Wildman–Crippen MR) is 117 cm³/mol. The summed E-state index contributed by atoms with van der Waals surface area (Å²) < 4.78 is 1.80. The molecule has 0 unspecified atom stereocenters. The zero-order chi connectivity index (χ0) is 21.3. The number of nitrogens with one attached hydrogen (secondary N) is 1. The number of nitrogens with zero attached hydrogens (tertiary/aromatic N) is 1. The fraction of sp³-hybridized carbons (Fsp3) is 0.682. The van der Waals surface area contributed by atoms with Gasteiger partial charge in [0.2, 0.25) is 0 Å². The molecule has 1 heterocycles. The van der Waals surface area contributed by atoms with E-state index >= 15 is 0 Å². The third-order valence-electron chi connectivity index (χ3n) is 5.59. The quantitative estimate of drug-likeness (QED) is 0.539. The zero-order valence-corrected chi connectivity index (χ0v) is 18.2. The van der Waals surface area contributed by atoms with Crippen LogP contribution in [-0.2, 0) is 19.4 Å². The van der Waals surface area contributed by atoms with E-state index in [9.17, 15) is 14.7 Å². The Morgan fingerprint density at radius 3 is 2.29 bits per heavy atom. The van der Waals surface area contributed by atoms with Crippen molar-refractivity contribution in [1.29, 1.82) is 0 Å². The summed E-state index contributed by atoms with van der Waals surface area (Å²) in [5.41, 5.74) is 1.17. The Bertz CT molecular complexity index is 736. The normalized spacial score (nSPS) is 11.4. The minimum atomic E-state index is -0.662. The molecule has 0 saturated carbocycles. The van der Waals surface area contributed by atoms with Crippen molar-refractivity contribution in [2.24, 2.45) is 0 Å². The molecule has 1 amide bonds. The second kappa shape index (κ2) is 11.2. The summed E-state index contributed by atoms with van der Waals surface area (Å²) >= 11 is 0. The number of aromatic nitrogens is 1. The monoisotopic (exact) mass is 387 g/mol. The van der Waals surface area contributed by atoms with E-state index < -0.39 is 11.4 Å². The van der Waals surface area contributed by atoms with E-state index in [4.69, 9.17) is 7.49 Å². The number of amides is 1. The zero-order valence-electron chi connectivity index (χ0n) is 18.2. The average Bonchev–Trinajstić information content (AvgIpc) is 2.66. The second-order valence-corrected chi connectivity index (χ2v) is 7.55. The summed E-state index contributed by atoms with van der Waals surface area (Å²) in [4.78, 5) is 26.3. The predicted octanol–water partition coefficient (Wildman–Crippen LogP) is 3.51. The molecule has 0 aliphatic rings. The van der Waals surface area contributed by atoms with Crippen molar-refractivity contribution in [2.75, 3.05) is 0 Å². The first-order valence-electron chi connectivity index (χ1n) is 10.7. The SMILES string of the molecule is [B]=C(O)CC(CC)(CC)NC(=O)c1cc(CC)c(CCC)n(CCCC)c1=O. The average molecular weight is 387 g/mol. The number of hydrogen-bond donors (Lipinski definition) is 2. The summed E-state index contributed by atoms with van der Waals surface area (Å²) in [7, 11) is 5.51. The van der Waals surface area contributed by atoms with Gasteiger partial charge in [0, 0.05) is 0 Å². The molecule has 0 spiro atoms. The van der Waals surface area contributed by atoms with E-state index in [1.165, 1.54) is 0 Å². The number of carbonyl (C=O) groups excluding carboxylic acids is 1. The third kappa shape index (κ3) is 5.82. The van der Waals surface area contributed by atoms with Crippen LogP contribution in [0.2, 0.25) is 0 Å². The molecular formula is C22H36BN2O3. The van der Waals surface area contributed by atoms with Crippen LogP contribution in [0.5, 0.6) is 0 Å². The van der Waals surface area contributed by atoms with Crippen molar-refractivity contribution in [3.05, 3.63) is 33.2 Å². The Morgan fingerprint density at radius 2 is 1.82 bits per heavy atom. The van der Waals surface area contributed by atoms with Crippen LogP contribution >= 0.6 is 0 Å². The maximum absolute atomic E-state index is 13.2. The summed E-state index contributed by atoms with van der Waals surface area (Å²) in [5, 5.41) is 12.6. The van der Waals surface area contributed by atoms with Gasteiger partial charge in [0.25, 0.3) is 0 Å². The topological polar surface area (TPSA) is 71.3 Å². The van der Waals surface area contributed by atoms with Crippen LogP contribution in [0.1, 0.15) is 94.8 Å². The van der Waals surface area contributed by atoms with Gasteiger partial charge in [0.05, 0.1) is 0 Å². The van der Waals surface area contributed by atoms with Gasteiger partial charge in [0.1, 0.15) is 0 Å². The van der Waals surface area contributed by atoms with Gasteiger partial charge in [0.15, 0.2) is 0 Å². The Balaban J connectivity index is 3.44. The minimum absolute atomic E-state index is 0.171. The molecule has 1 aromatic rings. The summed E-state index contributed by atoms with van der Waals surface area (Å²) in [6.45, 7) is 10.7. The molecule has 0 bridgehead atoms. The number of pyridine rings is 1. The Morgan fingerprint density at radius 1 is 1.18 bits per heavy atom. The molecule has 1 rings (SSSR count). The molecule has 0 aromatic carbocycles. The Labute approximate surface area is 170 Å². The Kier molecular flexibility index (Phi) is 9.70. The van der Waals surface area contributed by atoms with Crippen molar-refractivity contribution < 1.29 is 9.90 Å². The summed E-state index contributed by atoms with van der Waals surface area (Å²) in [6, 6.07) is 1.76. The molecule has 1 aromatic heterocycles. The molecular weight excluding hydrogens is 351 g/mol. The molecule has 5 nitrogen and oxygen atoms in total. The molecule has 28 heavy (non-hydrogen) atoms. The number of rotatable bonds is 12. The number of carbonyl (C=O) groups is 1. The molecule has 155 valence electrons. The van der Waals surface area contributed by atoms with Crippen LogP contribution in [0, 0.1) is 0 Å². The molecule has 0 aliphatic carbocycles. The first-order chi connectivity index (χ1) is 13.3. The number of aliphatic hydroxyl groups excluding tert-OH is 1. The van der Waals surface area contributed by atoms with Gasteiger partial charge >= 0.3 is 170 Å². The van der Waals surface area contributed by atoms with Crippen molar-refractivity contribution in [3.63, 3.8) is 0 Å². The van der Waals surface area contributed by atoms with Crippen molar-refractivity contribution in [3.8, 4) is 0 Å². The number of hydrogen-bond acceptors (Lipinski definition) is 3. The van der Waals surface area contributed by atoms with Crippen molar-refractivity contribution >= 4 is 19.0 Å². The summed E-state index contributed by atoms with van der Waals surface area (Å²) in [5.74, 6) is -0.391. The standard InChI is InChI=1S/C22H36BN2O3/c1-6-11-13-25-18(12-7-2)16(8-3)14-17(21(25)28)20(27)24-22(9-4,10-5)15-19(23)26/h14,26H,6-13,15H2,1-5H3,(H,24,27). The van der Waals surface area contributed by atoms with Gasteiger partial charge in [-0.15, -0.1) is 0 Å². The van der Waals surface area contributed by atoms with Crippen LogP contribution in [0.25, 0.3) is 0 Å². The Hall–Kier alpha value is -1.85. The number of aliphatic hydroxyl groups is 1. The van der Waals surface area contributed by atoms with E-state index in [0.29, 0.717) is 19.4 Å². The maximum atomic E-state index is 13.2. The van der Waals surface area contributed by atoms with Crippen LogP contribution in [0.3, 0.4) is 0 Å². The first kappa shape index (κ1) is 24.2. The molecule has 0 atom stereocenters. The van der Waals surface area contributed by atoms with Crippen molar-refractivity contribution in [2.45, 2.75) is 98.1 Å². The fourth-order valence-corrected chi connectivity index (χ4v) is 3.69. The van der Waals surface area contributed by atoms with Crippen LogP contribution in [-0.4, -0.2) is 34.3 Å².